The first-order valence-electron chi connectivity index (χ1n) is 4.47. The van der Waals surface area contributed by atoms with E-state index in [1.807, 2.05) is 25.9 Å². The molecule has 0 aliphatic rings. The van der Waals surface area contributed by atoms with Gasteiger partial charge in [0.25, 0.3) is 0 Å². The van der Waals surface area contributed by atoms with Gasteiger partial charge in [-0.15, -0.1) is 0 Å². The Kier molecular flexibility index (Phi) is 4.90. The highest BCUT2D eigenvalue weighted by Crippen LogP contribution is 2.11. The van der Waals surface area contributed by atoms with Crippen LogP contribution in [0.4, 0.5) is 0 Å². The lowest BCUT2D eigenvalue weighted by atomic mass is 9.96. The van der Waals surface area contributed by atoms with Gasteiger partial charge in [-0.25, -0.2) is 0 Å². The predicted octanol–water partition coefficient (Wildman–Crippen LogP) is 1.30. The lowest BCUT2D eigenvalue weighted by Gasteiger charge is -2.29. The SMILES string of the molecule is C/C=N\N(C)[C@H](C)[C@H](C)C(C)N. The molecule has 0 heterocycles. The zero-order chi connectivity index (χ0) is 9.72. The number of hydrogen-bond donors (Lipinski definition) is 1. The van der Waals surface area contributed by atoms with Crippen LogP contribution in [0.25, 0.3) is 0 Å². The first-order valence-corrected chi connectivity index (χ1v) is 4.47. The maximum Gasteiger partial charge on any atom is 0.0479 e. The smallest absolute Gasteiger partial charge is 0.0479 e. The quantitative estimate of drug-likeness (QED) is 0.511. The van der Waals surface area contributed by atoms with Crippen LogP contribution in [0.2, 0.25) is 0 Å². The van der Waals surface area contributed by atoms with E-state index >= 15 is 0 Å². The molecule has 3 nitrogen and oxygen atoms in total. The summed E-state index contributed by atoms with van der Waals surface area (Å²) < 4.78 is 0. The highest BCUT2D eigenvalue weighted by molar-refractivity contribution is 5.52. The van der Waals surface area contributed by atoms with Crippen LogP contribution in [0, 0.1) is 5.92 Å². The van der Waals surface area contributed by atoms with Crippen molar-refractivity contribution in [3.05, 3.63) is 0 Å². The van der Waals surface area contributed by atoms with Gasteiger partial charge in [0.15, 0.2) is 0 Å². The lowest BCUT2D eigenvalue weighted by Crippen LogP contribution is -2.39. The van der Waals surface area contributed by atoms with Gasteiger partial charge in [0.2, 0.25) is 0 Å². The van der Waals surface area contributed by atoms with Crippen molar-refractivity contribution < 1.29 is 0 Å². The predicted molar refractivity (Wildman–Crippen MR) is 54.2 cm³/mol. The average Bonchev–Trinajstić information content (AvgIpc) is 2.02. The molecule has 0 aromatic rings. The molecule has 3 heteroatoms. The Hall–Kier alpha value is -0.570. The van der Waals surface area contributed by atoms with E-state index in [-0.39, 0.29) is 6.04 Å². The summed E-state index contributed by atoms with van der Waals surface area (Å²) in [7, 11) is 1.98. The van der Waals surface area contributed by atoms with Crippen LogP contribution >= 0.6 is 0 Å². The van der Waals surface area contributed by atoms with E-state index in [9.17, 15) is 0 Å². The first kappa shape index (κ1) is 11.4. The van der Waals surface area contributed by atoms with Crippen LogP contribution in [0.1, 0.15) is 27.7 Å². The van der Waals surface area contributed by atoms with E-state index in [1.54, 1.807) is 6.21 Å². The molecule has 1 unspecified atom stereocenters. The van der Waals surface area contributed by atoms with Crippen LogP contribution < -0.4 is 5.73 Å². The molecule has 0 rings (SSSR count). The Bertz CT molecular complexity index is 143. The van der Waals surface area contributed by atoms with Crippen LogP contribution in [0.3, 0.4) is 0 Å². The zero-order valence-corrected chi connectivity index (χ0v) is 8.78. The number of hydrazone groups is 1. The molecule has 0 saturated heterocycles. The second-order valence-corrected chi connectivity index (χ2v) is 3.41. The van der Waals surface area contributed by atoms with Gasteiger partial charge in [0.05, 0.1) is 0 Å². The van der Waals surface area contributed by atoms with Crippen molar-refractivity contribution in [2.24, 2.45) is 16.8 Å². The standard InChI is InChI=1S/C9H21N3/c1-6-11-12(5)9(4)7(2)8(3)10/h6-9H,10H2,1-5H3/b11-6-/t7-,8?,9-/m1/s1. The molecular formula is C9H21N3. The molecule has 0 bridgehead atoms. The van der Waals surface area contributed by atoms with Crippen molar-refractivity contribution in [3.8, 4) is 0 Å². The number of nitrogens with zero attached hydrogens (tertiary/aromatic N) is 2. The van der Waals surface area contributed by atoms with Gasteiger partial charge < -0.3 is 5.73 Å². The molecule has 72 valence electrons. The van der Waals surface area contributed by atoms with Crippen LogP contribution in [0.15, 0.2) is 5.10 Å². The summed E-state index contributed by atoms with van der Waals surface area (Å²) in [4.78, 5) is 0. The van der Waals surface area contributed by atoms with Gasteiger partial charge in [-0.05, 0) is 26.7 Å². The third kappa shape index (κ3) is 3.22. The summed E-state index contributed by atoms with van der Waals surface area (Å²) in [5, 5.41) is 6.13. The van der Waals surface area contributed by atoms with E-state index in [4.69, 9.17) is 5.73 Å². The fourth-order valence-electron chi connectivity index (χ4n) is 1.07. The maximum atomic E-state index is 5.79. The molecular weight excluding hydrogens is 150 g/mol. The molecule has 0 aromatic carbocycles. The maximum absolute atomic E-state index is 5.79. The van der Waals surface area contributed by atoms with Crippen molar-refractivity contribution >= 4 is 6.21 Å². The molecule has 0 fully saturated rings. The molecule has 0 saturated carbocycles. The van der Waals surface area contributed by atoms with Gasteiger partial charge in [-0.3, -0.25) is 5.01 Å². The monoisotopic (exact) mass is 171 g/mol. The Morgan fingerprint density at radius 1 is 1.33 bits per heavy atom. The molecule has 0 spiro atoms. The molecule has 0 amide bonds. The minimum absolute atomic E-state index is 0.217. The van der Waals surface area contributed by atoms with Crippen LogP contribution in [-0.2, 0) is 0 Å². The Morgan fingerprint density at radius 2 is 1.83 bits per heavy atom. The first-order chi connectivity index (χ1) is 5.50. The van der Waals surface area contributed by atoms with E-state index in [0.717, 1.165) is 0 Å². The van der Waals surface area contributed by atoms with Crippen LogP contribution in [-0.4, -0.2) is 30.4 Å². The largest absolute Gasteiger partial charge is 0.328 e. The van der Waals surface area contributed by atoms with Crippen molar-refractivity contribution in [3.63, 3.8) is 0 Å². The molecule has 0 aromatic heterocycles. The molecule has 0 radical (unpaired) electrons. The third-order valence-corrected chi connectivity index (χ3v) is 2.48. The van der Waals surface area contributed by atoms with Gasteiger partial charge in [-0.1, -0.05) is 6.92 Å². The van der Waals surface area contributed by atoms with Crippen molar-refractivity contribution in [2.45, 2.75) is 39.8 Å². The van der Waals surface area contributed by atoms with Gasteiger partial charge >= 0.3 is 0 Å². The van der Waals surface area contributed by atoms with E-state index in [1.165, 1.54) is 0 Å². The second kappa shape index (κ2) is 5.14. The van der Waals surface area contributed by atoms with Gasteiger partial charge in [0, 0.05) is 25.3 Å². The number of hydrogen-bond acceptors (Lipinski definition) is 3. The fourth-order valence-corrected chi connectivity index (χ4v) is 1.07. The van der Waals surface area contributed by atoms with Crippen molar-refractivity contribution in [1.29, 1.82) is 0 Å². The highest BCUT2D eigenvalue weighted by Gasteiger charge is 2.18. The number of rotatable bonds is 4. The summed E-state index contributed by atoms with van der Waals surface area (Å²) >= 11 is 0. The summed E-state index contributed by atoms with van der Waals surface area (Å²) in [5.41, 5.74) is 5.79. The minimum atomic E-state index is 0.217. The summed E-state index contributed by atoms with van der Waals surface area (Å²) in [6, 6.07) is 0.607. The Labute approximate surface area is 75.6 Å². The summed E-state index contributed by atoms with van der Waals surface area (Å²) in [6.45, 7) is 8.24. The van der Waals surface area contributed by atoms with E-state index < -0.39 is 0 Å². The van der Waals surface area contributed by atoms with Crippen molar-refractivity contribution in [1.82, 2.24) is 5.01 Å². The fraction of sp³-hybridized carbons (Fsp3) is 0.889. The Morgan fingerprint density at radius 3 is 2.17 bits per heavy atom. The van der Waals surface area contributed by atoms with E-state index in [2.05, 4.69) is 18.9 Å². The molecule has 0 aliphatic heterocycles. The molecule has 2 N–H and O–H groups in total. The topological polar surface area (TPSA) is 41.6 Å². The third-order valence-electron chi connectivity index (χ3n) is 2.48. The summed E-state index contributed by atoms with van der Waals surface area (Å²) in [6.07, 6.45) is 1.80. The molecule has 12 heavy (non-hydrogen) atoms. The molecule has 3 atom stereocenters. The highest BCUT2D eigenvalue weighted by atomic mass is 15.4. The number of nitrogens with two attached hydrogens (primary N) is 1. The lowest BCUT2D eigenvalue weighted by molar-refractivity contribution is 0.192. The average molecular weight is 171 g/mol. The zero-order valence-electron chi connectivity index (χ0n) is 8.78. The minimum Gasteiger partial charge on any atom is -0.328 e. The van der Waals surface area contributed by atoms with Gasteiger partial charge in [0.1, 0.15) is 0 Å². The van der Waals surface area contributed by atoms with E-state index in [0.29, 0.717) is 12.0 Å². The Balaban J connectivity index is 4.08. The normalized spacial score (nSPS) is 19.2. The van der Waals surface area contributed by atoms with Crippen LogP contribution in [0.5, 0.6) is 0 Å². The van der Waals surface area contributed by atoms with Gasteiger partial charge in [-0.2, -0.15) is 5.10 Å². The summed E-state index contributed by atoms with van der Waals surface area (Å²) in [5.74, 6) is 0.457. The molecule has 0 aliphatic carbocycles. The second-order valence-electron chi connectivity index (χ2n) is 3.41. The van der Waals surface area contributed by atoms with Crippen molar-refractivity contribution in [2.75, 3.05) is 7.05 Å².